The fourth-order valence-corrected chi connectivity index (χ4v) is 3.32. The van der Waals surface area contributed by atoms with Gasteiger partial charge in [0, 0.05) is 0 Å². The first-order chi connectivity index (χ1) is 14.8. The van der Waals surface area contributed by atoms with Crippen LogP contribution >= 0.6 is 0 Å². The average molecular weight is 421 g/mol. The molecule has 0 aliphatic carbocycles. The number of carbonyl (C=O) groups excluding carboxylic acids is 2. The number of para-hydroxylation sites is 1. The minimum absolute atomic E-state index is 0.109. The number of nitrogens with one attached hydrogen (secondary N) is 2. The van der Waals surface area contributed by atoms with E-state index < -0.39 is 10.8 Å². The van der Waals surface area contributed by atoms with Crippen molar-refractivity contribution in [3.63, 3.8) is 0 Å². The average Bonchev–Trinajstić information content (AvgIpc) is 3.01. The Morgan fingerprint density at radius 2 is 1.74 bits per heavy atom. The molecule has 0 spiro atoms. The molecule has 0 bridgehead atoms. The molecule has 9 nitrogen and oxygen atoms in total. The van der Waals surface area contributed by atoms with Crippen molar-refractivity contribution in [2.24, 2.45) is 0 Å². The molecular weight excluding hydrogens is 398 g/mol. The van der Waals surface area contributed by atoms with Crippen molar-refractivity contribution in [3.8, 4) is 0 Å². The first-order valence-corrected chi connectivity index (χ1v) is 9.71. The quantitative estimate of drug-likeness (QED) is 0.447. The van der Waals surface area contributed by atoms with Gasteiger partial charge in [-0.1, -0.05) is 42.5 Å². The molecule has 1 atom stereocenters. The zero-order valence-corrected chi connectivity index (χ0v) is 17.5. The lowest BCUT2D eigenvalue weighted by atomic mass is 10.1. The van der Waals surface area contributed by atoms with Crippen molar-refractivity contribution in [3.05, 3.63) is 87.2 Å². The Hall–Kier alpha value is -4.01. The van der Waals surface area contributed by atoms with E-state index >= 15 is 0 Å². The van der Waals surface area contributed by atoms with Gasteiger partial charge in [0.25, 0.3) is 5.91 Å². The molecule has 160 valence electrons. The fourth-order valence-electron chi connectivity index (χ4n) is 3.32. The predicted molar refractivity (Wildman–Crippen MR) is 116 cm³/mol. The molecule has 2 aromatic carbocycles. The van der Waals surface area contributed by atoms with Crippen molar-refractivity contribution < 1.29 is 14.5 Å². The number of hydrogen-bond acceptors (Lipinski definition) is 5. The number of aryl methyl sites for hydroxylation is 1. The van der Waals surface area contributed by atoms with Gasteiger partial charge < -0.3 is 10.6 Å². The van der Waals surface area contributed by atoms with Crippen molar-refractivity contribution in [1.82, 2.24) is 15.1 Å². The van der Waals surface area contributed by atoms with E-state index in [1.54, 1.807) is 24.3 Å². The third-order valence-electron chi connectivity index (χ3n) is 4.91. The molecule has 0 radical (unpaired) electrons. The van der Waals surface area contributed by atoms with Crippen LogP contribution in [0.1, 0.15) is 40.3 Å². The van der Waals surface area contributed by atoms with Gasteiger partial charge in [-0.15, -0.1) is 0 Å². The molecule has 1 unspecified atom stereocenters. The van der Waals surface area contributed by atoms with Gasteiger partial charge in [0.1, 0.15) is 17.9 Å². The molecule has 2 N–H and O–H groups in total. The molecule has 3 aromatic rings. The molecule has 0 saturated heterocycles. The van der Waals surface area contributed by atoms with Gasteiger partial charge in [0.15, 0.2) is 0 Å². The first-order valence-electron chi connectivity index (χ1n) is 9.71. The Morgan fingerprint density at radius 1 is 1.10 bits per heavy atom. The van der Waals surface area contributed by atoms with Crippen LogP contribution in [0.25, 0.3) is 0 Å². The molecule has 3 rings (SSSR count). The largest absolute Gasteiger partial charge is 0.345 e. The van der Waals surface area contributed by atoms with E-state index in [-0.39, 0.29) is 29.9 Å². The zero-order chi connectivity index (χ0) is 22.5. The van der Waals surface area contributed by atoms with E-state index in [4.69, 9.17) is 0 Å². The van der Waals surface area contributed by atoms with Gasteiger partial charge in [-0.25, -0.2) is 0 Å². The lowest BCUT2D eigenvalue weighted by molar-refractivity contribution is -0.386. The summed E-state index contributed by atoms with van der Waals surface area (Å²) in [6.45, 7) is 4.73. The summed E-state index contributed by atoms with van der Waals surface area (Å²) in [5.41, 5.74) is 2.05. The summed E-state index contributed by atoms with van der Waals surface area (Å²) in [6, 6.07) is 16.0. The van der Waals surface area contributed by atoms with Gasteiger partial charge in [0.05, 0.1) is 22.2 Å². The maximum absolute atomic E-state index is 12.8. The minimum Gasteiger partial charge on any atom is -0.345 e. The van der Waals surface area contributed by atoms with Crippen molar-refractivity contribution >= 4 is 23.2 Å². The monoisotopic (exact) mass is 421 g/mol. The number of benzene rings is 2. The van der Waals surface area contributed by atoms with Crippen molar-refractivity contribution in [1.29, 1.82) is 0 Å². The second-order valence-electron chi connectivity index (χ2n) is 7.13. The Labute approximate surface area is 179 Å². The number of hydrogen-bond donors (Lipinski definition) is 2. The highest BCUT2D eigenvalue weighted by Gasteiger charge is 2.23. The predicted octanol–water partition coefficient (Wildman–Crippen LogP) is 3.54. The fraction of sp³-hybridized carbons (Fsp3) is 0.227. The molecule has 1 aromatic heterocycles. The van der Waals surface area contributed by atoms with Gasteiger partial charge in [-0.05, 0) is 38.5 Å². The van der Waals surface area contributed by atoms with Crippen LogP contribution in [-0.2, 0) is 11.3 Å². The van der Waals surface area contributed by atoms with E-state index in [1.807, 2.05) is 37.3 Å². The third kappa shape index (κ3) is 4.95. The smallest absolute Gasteiger partial charge is 0.312 e. The number of anilines is 1. The highest BCUT2D eigenvalue weighted by atomic mass is 16.6. The summed E-state index contributed by atoms with van der Waals surface area (Å²) < 4.78 is 1.28. The highest BCUT2D eigenvalue weighted by Crippen LogP contribution is 2.22. The van der Waals surface area contributed by atoms with Crippen LogP contribution < -0.4 is 10.6 Å². The molecule has 0 aliphatic rings. The zero-order valence-electron chi connectivity index (χ0n) is 17.5. The van der Waals surface area contributed by atoms with Crippen LogP contribution in [0.15, 0.2) is 54.6 Å². The van der Waals surface area contributed by atoms with Crippen LogP contribution in [0.4, 0.5) is 11.4 Å². The van der Waals surface area contributed by atoms with E-state index in [0.717, 1.165) is 5.56 Å². The number of aromatic nitrogens is 2. The lowest BCUT2D eigenvalue weighted by Crippen LogP contribution is -2.28. The molecular formula is C22H23N5O4. The van der Waals surface area contributed by atoms with Gasteiger partial charge in [-0.2, -0.15) is 5.10 Å². The normalized spacial score (nSPS) is 11.6. The summed E-state index contributed by atoms with van der Waals surface area (Å²) in [7, 11) is 0. The van der Waals surface area contributed by atoms with E-state index in [9.17, 15) is 19.7 Å². The molecule has 0 saturated carbocycles. The number of nitro groups is 1. The molecule has 0 fully saturated rings. The number of nitrogens with zero attached hydrogens (tertiary/aromatic N) is 3. The third-order valence-corrected chi connectivity index (χ3v) is 4.91. The standard InChI is InChI=1S/C22H23N5O4/c1-14(17-9-5-4-6-10-17)23-22(29)18-11-7-8-12-19(18)24-20(28)13-26-16(3)21(27(30)31)15(2)25-26/h4-12,14H,13H2,1-3H3,(H,23,29)(H,24,28). The Balaban J connectivity index is 1.73. The van der Waals surface area contributed by atoms with Crippen LogP contribution in [-0.4, -0.2) is 26.5 Å². The Morgan fingerprint density at radius 3 is 2.39 bits per heavy atom. The summed E-state index contributed by atoms with van der Waals surface area (Å²) in [6.07, 6.45) is 0. The van der Waals surface area contributed by atoms with E-state index in [2.05, 4.69) is 15.7 Å². The van der Waals surface area contributed by atoms with Gasteiger partial charge in [0.2, 0.25) is 5.91 Å². The maximum Gasteiger partial charge on any atom is 0.312 e. The van der Waals surface area contributed by atoms with Crippen LogP contribution in [0.5, 0.6) is 0 Å². The minimum atomic E-state index is -0.514. The van der Waals surface area contributed by atoms with E-state index in [1.165, 1.54) is 18.5 Å². The maximum atomic E-state index is 12.8. The summed E-state index contributed by atoms with van der Waals surface area (Å²) in [4.78, 5) is 36.0. The summed E-state index contributed by atoms with van der Waals surface area (Å²) in [5, 5.41) is 20.9. The Bertz CT molecular complexity index is 1120. The summed E-state index contributed by atoms with van der Waals surface area (Å²) >= 11 is 0. The molecule has 1 heterocycles. The van der Waals surface area contributed by atoms with Crippen LogP contribution in [0.2, 0.25) is 0 Å². The van der Waals surface area contributed by atoms with Crippen LogP contribution in [0.3, 0.4) is 0 Å². The first kappa shape index (κ1) is 21.7. The number of rotatable bonds is 7. The molecule has 2 amide bonds. The second-order valence-corrected chi connectivity index (χ2v) is 7.13. The van der Waals surface area contributed by atoms with Gasteiger partial charge in [-0.3, -0.25) is 24.4 Å². The van der Waals surface area contributed by atoms with Crippen LogP contribution in [0, 0.1) is 24.0 Å². The second kappa shape index (κ2) is 9.21. The lowest BCUT2D eigenvalue weighted by Gasteiger charge is -2.16. The Kier molecular flexibility index (Phi) is 6.44. The SMILES string of the molecule is Cc1nn(CC(=O)Nc2ccccc2C(=O)NC(C)c2ccccc2)c(C)c1[N+](=O)[O-]. The van der Waals surface area contributed by atoms with Crippen molar-refractivity contribution in [2.45, 2.75) is 33.4 Å². The molecule has 0 aliphatic heterocycles. The molecule has 31 heavy (non-hydrogen) atoms. The number of carbonyl (C=O) groups is 2. The van der Waals surface area contributed by atoms with E-state index in [0.29, 0.717) is 16.9 Å². The summed E-state index contributed by atoms with van der Waals surface area (Å²) in [5.74, 6) is -0.772. The van der Waals surface area contributed by atoms with Crippen molar-refractivity contribution in [2.75, 3.05) is 5.32 Å². The highest BCUT2D eigenvalue weighted by molar-refractivity contribution is 6.03. The van der Waals surface area contributed by atoms with Gasteiger partial charge >= 0.3 is 5.69 Å². The number of amides is 2. The molecule has 9 heteroatoms. The topological polar surface area (TPSA) is 119 Å².